The van der Waals surface area contributed by atoms with Gasteiger partial charge in [0.05, 0.1) is 6.33 Å². The average molecular weight is 194 g/mol. The molecule has 0 aliphatic carbocycles. The SMILES string of the molecule is CCCC(C)(C)c1cncn1C(C)C. The van der Waals surface area contributed by atoms with E-state index in [0.717, 1.165) is 0 Å². The molecule has 0 bridgehead atoms. The largest absolute Gasteiger partial charge is 0.332 e. The molecule has 0 spiro atoms. The molecule has 1 heterocycles. The molecule has 1 aromatic rings. The zero-order chi connectivity index (χ0) is 10.8. The minimum Gasteiger partial charge on any atom is -0.332 e. The van der Waals surface area contributed by atoms with Gasteiger partial charge >= 0.3 is 0 Å². The van der Waals surface area contributed by atoms with Gasteiger partial charge in [-0.25, -0.2) is 4.98 Å². The van der Waals surface area contributed by atoms with Crippen LogP contribution in [0.4, 0.5) is 0 Å². The van der Waals surface area contributed by atoms with Crippen LogP contribution < -0.4 is 0 Å². The summed E-state index contributed by atoms with van der Waals surface area (Å²) < 4.78 is 2.27. The van der Waals surface area contributed by atoms with E-state index in [0.29, 0.717) is 6.04 Å². The van der Waals surface area contributed by atoms with Crippen LogP contribution in [-0.2, 0) is 5.41 Å². The lowest BCUT2D eigenvalue weighted by Gasteiger charge is -2.27. The molecule has 2 nitrogen and oxygen atoms in total. The van der Waals surface area contributed by atoms with Crippen molar-refractivity contribution in [2.24, 2.45) is 0 Å². The number of nitrogens with zero attached hydrogens (tertiary/aromatic N) is 2. The summed E-state index contributed by atoms with van der Waals surface area (Å²) in [5.74, 6) is 0. The summed E-state index contributed by atoms with van der Waals surface area (Å²) in [7, 11) is 0. The Morgan fingerprint density at radius 2 is 2.07 bits per heavy atom. The van der Waals surface area contributed by atoms with Gasteiger partial charge in [0.25, 0.3) is 0 Å². The summed E-state index contributed by atoms with van der Waals surface area (Å²) in [5.41, 5.74) is 1.60. The van der Waals surface area contributed by atoms with Gasteiger partial charge in [-0.05, 0) is 20.3 Å². The Bertz CT molecular complexity index is 284. The fourth-order valence-electron chi connectivity index (χ4n) is 1.99. The second kappa shape index (κ2) is 4.16. The fourth-order valence-corrected chi connectivity index (χ4v) is 1.99. The molecule has 1 rings (SSSR count). The Kier molecular flexibility index (Phi) is 3.35. The van der Waals surface area contributed by atoms with Gasteiger partial charge < -0.3 is 4.57 Å². The van der Waals surface area contributed by atoms with Crippen LogP contribution in [-0.4, -0.2) is 9.55 Å². The van der Waals surface area contributed by atoms with Crippen molar-refractivity contribution >= 4 is 0 Å². The third-order valence-electron chi connectivity index (χ3n) is 2.79. The standard InChI is InChI=1S/C12H22N2/c1-6-7-12(4,5)11-8-13-9-14(11)10(2)3/h8-10H,6-7H2,1-5H3. The zero-order valence-electron chi connectivity index (χ0n) is 10.0. The van der Waals surface area contributed by atoms with E-state index in [1.165, 1.54) is 18.5 Å². The fraction of sp³-hybridized carbons (Fsp3) is 0.750. The van der Waals surface area contributed by atoms with Crippen LogP contribution in [0.25, 0.3) is 0 Å². The van der Waals surface area contributed by atoms with Gasteiger partial charge in [0.2, 0.25) is 0 Å². The van der Waals surface area contributed by atoms with Crippen LogP contribution in [0.1, 0.15) is 59.2 Å². The van der Waals surface area contributed by atoms with E-state index in [9.17, 15) is 0 Å². The molecule has 0 fully saturated rings. The smallest absolute Gasteiger partial charge is 0.0950 e. The molecule has 0 saturated carbocycles. The maximum atomic E-state index is 4.25. The molecule has 0 amide bonds. The van der Waals surface area contributed by atoms with Gasteiger partial charge in [-0.1, -0.05) is 27.2 Å². The summed E-state index contributed by atoms with van der Waals surface area (Å²) in [6.07, 6.45) is 6.38. The molecule has 80 valence electrons. The molecule has 0 aliphatic rings. The Labute approximate surface area is 87.4 Å². The van der Waals surface area contributed by atoms with Gasteiger partial charge in [-0.3, -0.25) is 0 Å². The minimum absolute atomic E-state index is 0.246. The first-order valence-electron chi connectivity index (χ1n) is 5.51. The van der Waals surface area contributed by atoms with Crippen LogP contribution in [0, 0.1) is 0 Å². The van der Waals surface area contributed by atoms with E-state index in [4.69, 9.17) is 0 Å². The van der Waals surface area contributed by atoms with E-state index in [1.54, 1.807) is 0 Å². The molecule has 0 aliphatic heterocycles. The van der Waals surface area contributed by atoms with Crippen molar-refractivity contribution in [3.8, 4) is 0 Å². The van der Waals surface area contributed by atoms with Crippen LogP contribution in [0.2, 0.25) is 0 Å². The van der Waals surface area contributed by atoms with Crippen molar-refractivity contribution in [3.05, 3.63) is 18.2 Å². The Balaban J connectivity index is 2.99. The molecular weight excluding hydrogens is 172 g/mol. The van der Waals surface area contributed by atoms with Crippen LogP contribution >= 0.6 is 0 Å². The molecule has 0 N–H and O–H groups in total. The van der Waals surface area contributed by atoms with Crippen molar-refractivity contribution < 1.29 is 0 Å². The van der Waals surface area contributed by atoms with Gasteiger partial charge in [0.15, 0.2) is 0 Å². The Hall–Kier alpha value is -0.790. The number of hydrogen-bond donors (Lipinski definition) is 0. The van der Waals surface area contributed by atoms with Crippen LogP contribution in [0.5, 0.6) is 0 Å². The van der Waals surface area contributed by atoms with Gasteiger partial charge in [0.1, 0.15) is 0 Å². The predicted molar refractivity (Wildman–Crippen MR) is 60.5 cm³/mol. The highest BCUT2D eigenvalue weighted by atomic mass is 15.1. The van der Waals surface area contributed by atoms with E-state index in [-0.39, 0.29) is 5.41 Å². The van der Waals surface area contributed by atoms with Crippen molar-refractivity contribution in [1.29, 1.82) is 0 Å². The summed E-state index contributed by atoms with van der Waals surface area (Å²) in [6.45, 7) is 11.2. The number of hydrogen-bond acceptors (Lipinski definition) is 1. The van der Waals surface area contributed by atoms with Crippen molar-refractivity contribution in [1.82, 2.24) is 9.55 Å². The Morgan fingerprint density at radius 1 is 1.43 bits per heavy atom. The third kappa shape index (κ3) is 2.17. The highest BCUT2D eigenvalue weighted by molar-refractivity contribution is 5.12. The van der Waals surface area contributed by atoms with Crippen LogP contribution in [0.3, 0.4) is 0 Å². The van der Waals surface area contributed by atoms with Crippen molar-refractivity contribution in [3.63, 3.8) is 0 Å². The van der Waals surface area contributed by atoms with Gasteiger partial charge in [0, 0.05) is 23.3 Å². The lowest BCUT2D eigenvalue weighted by molar-refractivity contribution is 0.420. The lowest BCUT2D eigenvalue weighted by Crippen LogP contribution is -2.22. The zero-order valence-corrected chi connectivity index (χ0v) is 10.0. The minimum atomic E-state index is 0.246. The quantitative estimate of drug-likeness (QED) is 0.717. The predicted octanol–water partition coefficient (Wildman–Crippen LogP) is 3.54. The molecule has 0 atom stereocenters. The van der Waals surface area contributed by atoms with Gasteiger partial charge in [-0.15, -0.1) is 0 Å². The Morgan fingerprint density at radius 3 is 2.57 bits per heavy atom. The first kappa shape index (κ1) is 11.3. The summed E-state index contributed by atoms with van der Waals surface area (Å²) in [4.78, 5) is 4.25. The number of imidazole rings is 1. The first-order valence-corrected chi connectivity index (χ1v) is 5.51. The van der Waals surface area contributed by atoms with E-state index < -0.39 is 0 Å². The highest BCUT2D eigenvalue weighted by Crippen LogP contribution is 2.29. The molecule has 1 aromatic heterocycles. The first-order chi connectivity index (χ1) is 6.49. The molecule has 0 unspecified atom stereocenters. The molecule has 0 saturated heterocycles. The molecule has 0 aromatic carbocycles. The monoisotopic (exact) mass is 194 g/mol. The molecule has 2 heteroatoms. The van der Waals surface area contributed by atoms with Crippen molar-refractivity contribution in [2.75, 3.05) is 0 Å². The molecule has 14 heavy (non-hydrogen) atoms. The molecule has 0 radical (unpaired) electrons. The summed E-state index contributed by atoms with van der Waals surface area (Å²) >= 11 is 0. The lowest BCUT2D eigenvalue weighted by atomic mass is 9.84. The second-order valence-corrected chi connectivity index (χ2v) is 4.91. The normalized spacial score (nSPS) is 12.4. The van der Waals surface area contributed by atoms with Crippen LogP contribution in [0.15, 0.2) is 12.5 Å². The third-order valence-corrected chi connectivity index (χ3v) is 2.79. The highest BCUT2D eigenvalue weighted by Gasteiger charge is 2.24. The van der Waals surface area contributed by atoms with Crippen molar-refractivity contribution in [2.45, 2.75) is 58.9 Å². The summed E-state index contributed by atoms with van der Waals surface area (Å²) in [6, 6.07) is 0.503. The number of aromatic nitrogens is 2. The number of rotatable bonds is 4. The van der Waals surface area contributed by atoms with E-state index in [2.05, 4.69) is 44.2 Å². The second-order valence-electron chi connectivity index (χ2n) is 4.91. The summed E-state index contributed by atoms with van der Waals surface area (Å²) in [5, 5.41) is 0. The average Bonchev–Trinajstić information content (AvgIpc) is 2.51. The molecular formula is C12H22N2. The van der Waals surface area contributed by atoms with E-state index in [1.807, 2.05) is 12.5 Å². The van der Waals surface area contributed by atoms with Gasteiger partial charge in [-0.2, -0.15) is 0 Å². The van der Waals surface area contributed by atoms with E-state index >= 15 is 0 Å². The maximum Gasteiger partial charge on any atom is 0.0950 e. The maximum absolute atomic E-state index is 4.25. The topological polar surface area (TPSA) is 17.8 Å².